The van der Waals surface area contributed by atoms with E-state index in [4.69, 9.17) is 0 Å². The summed E-state index contributed by atoms with van der Waals surface area (Å²) in [5.41, 5.74) is 0.795. The number of piperidine rings is 2. The molecule has 1 aliphatic carbocycles. The molecule has 0 spiro atoms. The minimum atomic E-state index is 0.0414. The minimum absolute atomic E-state index is 0.0414. The smallest absolute Gasteiger partial charge is 0.261 e. The molecule has 172 valence electrons. The minimum Gasteiger partial charge on any atom is -0.356 e. The summed E-state index contributed by atoms with van der Waals surface area (Å²) in [6, 6.07) is 8.21. The third-order valence-electron chi connectivity index (χ3n) is 8.17. The van der Waals surface area contributed by atoms with Crippen LogP contribution in [0.4, 0.5) is 0 Å². The maximum atomic E-state index is 12.9. The summed E-state index contributed by atoms with van der Waals surface area (Å²) in [5.74, 6) is 1.44. The molecule has 2 aromatic rings. The van der Waals surface area contributed by atoms with Gasteiger partial charge in [-0.3, -0.25) is 14.2 Å². The highest BCUT2D eigenvalue weighted by Gasteiger charge is 2.34. The van der Waals surface area contributed by atoms with Gasteiger partial charge in [0.05, 0.1) is 17.2 Å². The molecule has 2 aliphatic heterocycles. The van der Waals surface area contributed by atoms with Gasteiger partial charge in [-0.2, -0.15) is 0 Å². The number of para-hydroxylation sites is 1. The number of benzene rings is 1. The number of hydrogen-bond acceptors (Lipinski definition) is 4. The lowest BCUT2D eigenvalue weighted by atomic mass is 9.81. The van der Waals surface area contributed by atoms with Crippen LogP contribution in [0.1, 0.15) is 57.8 Å². The standard InChI is InChI=1S/C26H36N4O2/c31-25(27-16-21-6-5-15-29-14-4-3-9-24(21)29)20-12-10-19(11-13-20)17-30-18-28-23-8-2-1-7-22(23)26(30)32/h1-2,7-8,18-21,24H,3-6,9-17H2,(H,27,31)/t19?,20?,21-,24+/m1/s1. The number of hydrogen-bond donors (Lipinski definition) is 1. The third-order valence-corrected chi connectivity index (χ3v) is 8.17. The Balaban J connectivity index is 1.11. The van der Waals surface area contributed by atoms with Crippen LogP contribution in [-0.4, -0.2) is 46.0 Å². The Morgan fingerprint density at radius 3 is 2.69 bits per heavy atom. The van der Waals surface area contributed by atoms with Gasteiger partial charge >= 0.3 is 0 Å². The van der Waals surface area contributed by atoms with Crippen LogP contribution in [0.3, 0.4) is 0 Å². The molecule has 3 heterocycles. The number of aromatic nitrogens is 2. The number of carbonyl (C=O) groups is 1. The van der Waals surface area contributed by atoms with Crippen molar-refractivity contribution in [1.82, 2.24) is 19.8 Å². The van der Waals surface area contributed by atoms with Crippen LogP contribution in [-0.2, 0) is 11.3 Å². The van der Waals surface area contributed by atoms with Crippen molar-refractivity contribution in [2.75, 3.05) is 19.6 Å². The topological polar surface area (TPSA) is 67.2 Å². The Kier molecular flexibility index (Phi) is 6.58. The summed E-state index contributed by atoms with van der Waals surface area (Å²) in [4.78, 5) is 32.8. The SMILES string of the molecule is O=C(NC[C@H]1CCCN2CCCC[C@@H]12)C1CCC(Cn2cnc3ccccc3c2=O)CC1. The average Bonchev–Trinajstić information content (AvgIpc) is 2.85. The Hall–Kier alpha value is -2.21. The number of fused-ring (bicyclic) bond motifs is 2. The van der Waals surface area contributed by atoms with Gasteiger partial charge in [0.25, 0.3) is 5.56 Å². The molecule has 5 rings (SSSR count). The van der Waals surface area contributed by atoms with Crippen molar-refractivity contribution < 1.29 is 4.79 Å². The summed E-state index contributed by atoms with van der Waals surface area (Å²) in [6.07, 6.45) is 12.0. The first-order valence-corrected chi connectivity index (χ1v) is 12.6. The maximum Gasteiger partial charge on any atom is 0.261 e. The zero-order valence-electron chi connectivity index (χ0n) is 19.0. The van der Waals surface area contributed by atoms with E-state index in [9.17, 15) is 9.59 Å². The van der Waals surface area contributed by atoms with Gasteiger partial charge in [0, 0.05) is 25.0 Å². The van der Waals surface area contributed by atoms with Crippen molar-refractivity contribution in [3.8, 4) is 0 Å². The molecule has 32 heavy (non-hydrogen) atoms. The Morgan fingerprint density at radius 2 is 1.81 bits per heavy atom. The summed E-state index contributed by atoms with van der Waals surface area (Å²) < 4.78 is 1.76. The number of carbonyl (C=O) groups excluding carboxylic acids is 1. The average molecular weight is 437 g/mol. The highest BCUT2D eigenvalue weighted by molar-refractivity contribution is 5.78. The van der Waals surface area contributed by atoms with Gasteiger partial charge in [-0.05, 0) is 88.4 Å². The molecule has 2 saturated heterocycles. The number of amides is 1. The van der Waals surface area contributed by atoms with Crippen LogP contribution in [0.2, 0.25) is 0 Å². The molecule has 6 heteroatoms. The van der Waals surface area contributed by atoms with E-state index in [2.05, 4.69) is 15.2 Å². The normalized spacial score (nSPS) is 28.9. The van der Waals surface area contributed by atoms with E-state index in [1.54, 1.807) is 10.9 Å². The number of nitrogens with one attached hydrogen (secondary N) is 1. The van der Waals surface area contributed by atoms with Crippen molar-refractivity contribution in [3.63, 3.8) is 0 Å². The van der Waals surface area contributed by atoms with Crippen LogP contribution < -0.4 is 10.9 Å². The van der Waals surface area contributed by atoms with E-state index < -0.39 is 0 Å². The molecule has 0 radical (unpaired) electrons. The lowest BCUT2D eigenvalue weighted by Gasteiger charge is -2.44. The van der Waals surface area contributed by atoms with E-state index >= 15 is 0 Å². The molecule has 3 fully saturated rings. The lowest BCUT2D eigenvalue weighted by molar-refractivity contribution is -0.126. The highest BCUT2D eigenvalue weighted by Crippen LogP contribution is 2.32. The quantitative estimate of drug-likeness (QED) is 0.778. The van der Waals surface area contributed by atoms with Gasteiger partial charge in [0.15, 0.2) is 0 Å². The third kappa shape index (κ3) is 4.61. The summed E-state index contributed by atoms with van der Waals surface area (Å²) >= 11 is 0. The molecule has 1 N–H and O–H groups in total. The lowest BCUT2D eigenvalue weighted by Crippen LogP contribution is -2.51. The fourth-order valence-corrected chi connectivity index (χ4v) is 6.31. The molecule has 0 bridgehead atoms. The van der Waals surface area contributed by atoms with Crippen LogP contribution in [0.25, 0.3) is 10.9 Å². The Morgan fingerprint density at radius 1 is 1.00 bits per heavy atom. The first-order valence-electron chi connectivity index (χ1n) is 12.6. The molecule has 3 aliphatic rings. The molecular formula is C26H36N4O2. The van der Waals surface area contributed by atoms with Crippen LogP contribution in [0.5, 0.6) is 0 Å². The van der Waals surface area contributed by atoms with Crippen LogP contribution >= 0.6 is 0 Å². The predicted molar refractivity (Wildman–Crippen MR) is 126 cm³/mol. The first kappa shape index (κ1) is 21.6. The van der Waals surface area contributed by atoms with Crippen molar-refractivity contribution >= 4 is 16.8 Å². The zero-order valence-corrected chi connectivity index (χ0v) is 19.0. The van der Waals surface area contributed by atoms with Crippen LogP contribution in [0, 0.1) is 17.8 Å². The zero-order chi connectivity index (χ0) is 21.9. The summed E-state index contributed by atoms with van der Waals surface area (Å²) in [5, 5.41) is 4.00. The van der Waals surface area contributed by atoms with Gasteiger partial charge in [-0.15, -0.1) is 0 Å². The van der Waals surface area contributed by atoms with Gasteiger partial charge in [0.1, 0.15) is 0 Å². The fraction of sp³-hybridized carbons (Fsp3) is 0.654. The molecule has 1 saturated carbocycles. The summed E-state index contributed by atoms with van der Waals surface area (Å²) in [7, 11) is 0. The molecule has 1 aromatic carbocycles. The van der Waals surface area contributed by atoms with E-state index in [-0.39, 0.29) is 17.4 Å². The van der Waals surface area contributed by atoms with E-state index in [1.807, 2.05) is 24.3 Å². The second kappa shape index (κ2) is 9.74. The fourth-order valence-electron chi connectivity index (χ4n) is 6.31. The molecule has 6 nitrogen and oxygen atoms in total. The Labute approximate surface area is 190 Å². The molecule has 0 unspecified atom stereocenters. The number of nitrogens with zero attached hydrogens (tertiary/aromatic N) is 3. The maximum absolute atomic E-state index is 12.9. The number of rotatable bonds is 5. The van der Waals surface area contributed by atoms with E-state index in [1.165, 1.54) is 45.2 Å². The van der Waals surface area contributed by atoms with E-state index in [0.29, 0.717) is 29.8 Å². The van der Waals surface area contributed by atoms with Crippen molar-refractivity contribution in [2.45, 2.75) is 70.4 Å². The van der Waals surface area contributed by atoms with Gasteiger partial charge in [0.2, 0.25) is 5.91 Å². The predicted octanol–water partition coefficient (Wildman–Crippen LogP) is 3.58. The second-order valence-corrected chi connectivity index (χ2v) is 10.2. The van der Waals surface area contributed by atoms with Crippen molar-refractivity contribution in [1.29, 1.82) is 0 Å². The van der Waals surface area contributed by atoms with Gasteiger partial charge in [-0.25, -0.2) is 4.98 Å². The molecule has 1 amide bonds. The Bertz CT molecular complexity index is 993. The van der Waals surface area contributed by atoms with Gasteiger partial charge < -0.3 is 10.2 Å². The van der Waals surface area contributed by atoms with Gasteiger partial charge in [-0.1, -0.05) is 18.6 Å². The summed E-state index contributed by atoms with van der Waals surface area (Å²) in [6.45, 7) is 4.03. The molecule has 1 aromatic heterocycles. The largest absolute Gasteiger partial charge is 0.356 e. The monoisotopic (exact) mass is 436 g/mol. The van der Waals surface area contributed by atoms with Crippen LogP contribution in [0.15, 0.2) is 35.4 Å². The van der Waals surface area contributed by atoms with Crippen molar-refractivity contribution in [2.24, 2.45) is 17.8 Å². The molecular weight excluding hydrogens is 400 g/mol. The molecule has 2 atom stereocenters. The highest BCUT2D eigenvalue weighted by atomic mass is 16.2. The first-order chi connectivity index (χ1) is 15.7. The van der Waals surface area contributed by atoms with E-state index in [0.717, 1.165) is 37.7 Å². The van der Waals surface area contributed by atoms with Crippen molar-refractivity contribution in [3.05, 3.63) is 40.9 Å². The second-order valence-electron chi connectivity index (χ2n) is 10.2.